The van der Waals surface area contributed by atoms with E-state index in [0.29, 0.717) is 19.3 Å². The van der Waals surface area contributed by atoms with Crippen LogP contribution in [0.5, 0.6) is 0 Å². The van der Waals surface area contributed by atoms with E-state index in [1.165, 1.54) is 83.5 Å². The molecule has 0 bridgehead atoms. The predicted octanol–water partition coefficient (Wildman–Crippen LogP) is 19.5. The lowest BCUT2D eigenvalue weighted by Crippen LogP contribution is -2.30. The van der Waals surface area contributed by atoms with Gasteiger partial charge in [-0.25, -0.2) is 0 Å². The molecule has 0 heterocycles. The highest BCUT2D eigenvalue weighted by Crippen LogP contribution is 2.15. The highest BCUT2D eigenvalue weighted by Gasteiger charge is 2.19. The minimum atomic E-state index is -0.781. The van der Waals surface area contributed by atoms with Gasteiger partial charge in [-0.1, -0.05) is 259 Å². The molecule has 0 spiro atoms. The zero-order valence-corrected chi connectivity index (χ0v) is 45.5. The van der Waals surface area contributed by atoms with Crippen LogP contribution in [0.2, 0.25) is 0 Å². The fourth-order valence-corrected chi connectivity index (χ4v) is 7.73. The smallest absolute Gasteiger partial charge is 0.306 e. The number of allylic oxidation sites excluding steroid dienone is 18. The molecule has 0 fully saturated rings. The largest absolute Gasteiger partial charge is 0.462 e. The van der Waals surface area contributed by atoms with Gasteiger partial charge in [0.25, 0.3) is 0 Å². The first kappa shape index (κ1) is 66.1. The lowest BCUT2D eigenvalue weighted by Gasteiger charge is -2.18. The summed E-state index contributed by atoms with van der Waals surface area (Å²) >= 11 is 0. The van der Waals surface area contributed by atoms with Gasteiger partial charge in [0.15, 0.2) is 6.10 Å². The van der Waals surface area contributed by atoms with Gasteiger partial charge in [0.1, 0.15) is 13.2 Å². The molecule has 0 aromatic rings. The molecular weight excluding hydrogens is 865 g/mol. The Morgan fingerprint density at radius 3 is 0.871 bits per heavy atom. The summed E-state index contributed by atoms with van der Waals surface area (Å²) in [5, 5.41) is 0. The van der Waals surface area contributed by atoms with E-state index in [1.807, 2.05) is 0 Å². The van der Waals surface area contributed by atoms with Crippen molar-refractivity contribution in [2.24, 2.45) is 0 Å². The van der Waals surface area contributed by atoms with Crippen molar-refractivity contribution in [3.8, 4) is 0 Å². The summed E-state index contributed by atoms with van der Waals surface area (Å²) in [7, 11) is 0. The summed E-state index contributed by atoms with van der Waals surface area (Å²) in [5.74, 6) is -0.909. The quantitative estimate of drug-likeness (QED) is 0.0262. The molecule has 0 aliphatic heterocycles. The van der Waals surface area contributed by atoms with Crippen molar-refractivity contribution >= 4 is 17.9 Å². The third-order valence-electron chi connectivity index (χ3n) is 12.0. The molecule has 398 valence electrons. The van der Waals surface area contributed by atoms with Crippen LogP contribution in [0, 0.1) is 0 Å². The minimum absolute atomic E-state index is 0.0822. The molecule has 6 heteroatoms. The normalized spacial score (nSPS) is 12.9. The maximum Gasteiger partial charge on any atom is 0.306 e. The Morgan fingerprint density at radius 1 is 0.300 bits per heavy atom. The Balaban J connectivity index is 4.16. The number of carbonyl (C=O) groups is 3. The lowest BCUT2D eigenvalue weighted by molar-refractivity contribution is -0.167. The van der Waals surface area contributed by atoms with Gasteiger partial charge in [-0.3, -0.25) is 14.4 Å². The summed E-state index contributed by atoms with van der Waals surface area (Å²) in [5.41, 5.74) is 0. The molecule has 0 radical (unpaired) electrons. The number of hydrogen-bond donors (Lipinski definition) is 0. The van der Waals surface area contributed by atoms with E-state index in [1.54, 1.807) is 0 Å². The van der Waals surface area contributed by atoms with Crippen LogP contribution in [0.3, 0.4) is 0 Å². The van der Waals surface area contributed by atoms with Gasteiger partial charge in [-0.05, 0) is 89.9 Å². The van der Waals surface area contributed by atoms with Gasteiger partial charge in [-0.2, -0.15) is 0 Å². The van der Waals surface area contributed by atoms with E-state index >= 15 is 0 Å². The molecule has 1 unspecified atom stereocenters. The van der Waals surface area contributed by atoms with Crippen molar-refractivity contribution in [1.82, 2.24) is 0 Å². The van der Waals surface area contributed by atoms with Crippen LogP contribution in [0.1, 0.15) is 258 Å². The maximum atomic E-state index is 12.7. The topological polar surface area (TPSA) is 78.9 Å². The van der Waals surface area contributed by atoms with Gasteiger partial charge >= 0.3 is 17.9 Å². The Bertz CT molecular complexity index is 1440. The molecule has 0 aromatic heterocycles. The minimum Gasteiger partial charge on any atom is -0.462 e. The van der Waals surface area contributed by atoms with Crippen LogP contribution in [-0.2, 0) is 28.6 Å². The van der Waals surface area contributed by atoms with E-state index in [4.69, 9.17) is 14.2 Å². The van der Waals surface area contributed by atoms with Crippen LogP contribution in [0.15, 0.2) is 109 Å². The number of unbranched alkanes of at least 4 members (excludes halogenated alkanes) is 22. The lowest BCUT2D eigenvalue weighted by atomic mass is 10.0. The van der Waals surface area contributed by atoms with Crippen molar-refractivity contribution in [2.75, 3.05) is 13.2 Å². The average molecular weight is 972 g/mol. The Hall–Kier alpha value is -3.93. The van der Waals surface area contributed by atoms with Crippen molar-refractivity contribution in [1.29, 1.82) is 0 Å². The Labute approximate surface area is 431 Å². The van der Waals surface area contributed by atoms with E-state index < -0.39 is 6.10 Å². The van der Waals surface area contributed by atoms with E-state index in [0.717, 1.165) is 135 Å². The number of esters is 3. The number of hydrogen-bond acceptors (Lipinski definition) is 6. The molecule has 0 aromatic carbocycles. The summed E-state index contributed by atoms with van der Waals surface area (Å²) in [6, 6.07) is 0. The van der Waals surface area contributed by atoms with Crippen LogP contribution in [0.25, 0.3) is 0 Å². The monoisotopic (exact) mass is 971 g/mol. The Kier molecular flexibility index (Phi) is 54.4. The number of carbonyl (C=O) groups excluding carboxylic acids is 3. The predicted molar refractivity (Wildman–Crippen MR) is 302 cm³/mol. The number of ether oxygens (including phenoxy) is 3. The van der Waals surface area contributed by atoms with Crippen molar-refractivity contribution < 1.29 is 28.6 Å². The molecule has 0 saturated heterocycles. The third-order valence-corrected chi connectivity index (χ3v) is 12.0. The van der Waals surface area contributed by atoms with E-state index in [2.05, 4.69) is 130 Å². The summed E-state index contributed by atoms with van der Waals surface area (Å²) in [6.45, 7) is 6.46. The van der Waals surface area contributed by atoms with Crippen LogP contribution >= 0.6 is 0 Å². The molecule has 1 atom stereocenters. The third kappa shape index (κ3) is 55.0. The molecule has 0 aliphatic carbocycles. The van der Waals surface area contributed by atoms with Crippen molar-refractivity contribution in [2.45, 2.75) is 264 Å². The molecule has 0 amide bonds. The molecule has 0 saturated carbocycles. The average Bonchev–Trinajstić information content (AvgIpc) is 3.36. The summed E-state index contributed by atoms with van der Waals surface area (Å²) in [6.07, 6.45) is 78.2. The molecule has 70 heavy (non-hydrogen) atoms. The summed E-state index contributed by atoms with van der Waals surface area (Å²) in [4.78, 5) is 37.8. The first-order chi connectivity index (χ1) is 34.5. The standard InChI is InChI=1S/C64H106O6/c1-4-7-10-13-16-18-20-22-23-24-25-26-27-28-29-30-31-32-33-34-35-36-37-38-39-40-41-42-44-45-48-51-54-57-63(66)69-60-61(59-68-62(65)56-53-50-47-15-12-9-6-3)70-64(67)58-55-52-49-46-43-21-19-17-14-11-8-5-2/h7,10,16,18,22-23,25-26,28-29,31-32,34-35,37-38,40-41,61H,4-6,8-9,11-15,17,19-21,24,27,30,33,36,39,42-60H2,1-3H3/b10-7-,18-16-,23-22-,26-25-,29-28-,32-31-,35-34-,38-37-,41-40-. The Morgan fingerprint density at radius 2 is 0.557 bits per heavy atom. The zero-order chi connectivity index (χ0) is 50.7. The molecule has 6 nitrogen and oxygen atoms in total. The highest BCUT2D eigenvalue weighted by atomic mass is 16.6. The number of rotatable bonds is 51. The molecule has 0 N–H and O–H groups in total. The van der Waals surface area contributed by atoms with Gasteiger partial charge in [0, 0.05) is 19.3 Å². The van der Waals surface area contributed by atoms with Gasteiger partial charge in [-0.15, -0.1) is 0 Å². The highest BCUT2D eigenvalue weighted by molar-refractivity contribution is 5.71. The zero-order valence-electron chi connectivity index (χ0n) is 45.5. The van der Waals surface area contributed by atoms with Crippen molar-refractivity contribution in [3.63, 3.8) is 0 Å². The van der Waals surface area contributed by atoms with Gasteiger partial charge in [0.05, 0.1) is 0 Å². The summed E-state index contributed by atoms with van der Waals surface area (Å²) < 4.78 is 16.7. The molecule has 0 aliphatic rings. The molecular formula is C64H106O6. The van der Waals surface area contributed by atoms with Crippen molar-refractivity contribution in [3.05, 3.63) is 109 Å². The second kappa shape index (κ2) is 57.6. The van der Waals surface area contributed by atoms with Crippen LogP contribution < -0.4 is 0 Å². The van der Waals surface area contributed by atoms with E-state index in [-0.39, 0.29) is 31.1 Å². The second-order valence-electron chi connectivity index (χ2n) is 18.8. The maximum absolute atomic E-state index is 12.7. The van der Waals surface area contributed by atoms with Gasteiger partial charge in [0.2, 0.25) is 0 Å². The fraction of sp³-hybridized carbons (Fsp3) is 0.672. The molecule has 0 rings (SSSR count). The first-order valence-electron chi connectivity index (χ1n) is 28.9. The van der Waals surface area contributed by atoms with Crippen LogP contribution in [-0.4, -0.2) is 37.2 Å². The van der Waals surface area contributed by atoms with Crippen LogP contribution in [0.4, 0.5) is 0 Å². The van der Waals surface area contributed by atoms with Gasteiger partial charge < -0.3 is 14.2 Å². The fourth-order valence-electron chi connectivity index (χ4n) is 7.73. The first-order valence-corrected chi connectivity index (χ1v) is 28.9. The SMILES string of the molecule is CC/C=C\C/C=C\C/C=C\C/C=C\C/C=C\C/C=C\C/C=C\C/C=C\C/C=C\CCCCCCCC(=O)OCC(COC(=O)CCCCCCCCC)OC(=O)CCCCCCCCCCCCCC. The van der Waals surface area contributed by atoms with E-state index in [9.17, 15) is 14.4 Å². The second-order valence-corrected chi connectivity index (χ2v) is 18.8.